The standard InChI is InChI=1S/C16H24N2O3/c1-21-13-15-5-3-2-4-14(15)12-18-10-8-17(9-11-18)7-6-16(19)20/h2-5H,6-13H2,1H3,(H,19,20). The number of carbonyl (C=O) groups is 1. The second kappa shape index (κ2) is 8.12. The Hall–Kier alpha value is -1.43. The summed E-state index contributed by atoms with van der Waals surface area (Å²) in [4.78, 5) is 15.2. The zero-order chi connectivity index (χ0) is 15.1. The molecule has 1 aromatic carbocycles. The largest absolute Gasteiger partial charge is 0.481 e. The van der Waals surface area contributed by atoms with Gasteiger partial charge in [0.25, 0.3) is 0 Å². The van der Waals surface area contributed by atoms with Gasteiger partial charge in [-0.15, -0.1) is 0 Å². The van der Waals surface area contributed by atoms with Crippen molar-refractivity contribution >= 4 is 5.97 Å². The van der Waals surface area contributed by atoms with Crippen LogP contribution in [0.15, 0.2) is 24.3 Å². The molecule has 0 radical (unpaired) electrons. The van der Waals surface area contributed by atoms with Crippen molar-refractivity contribution in [1.82, 2.24) is 9.80 Å². The van der Waals surface area contributed by atoms with Crippen LogP contribution in [0.5, 0.6) is 0 Å². The van der Waals surface area contributed by atoms with E-state index in [9.17, 15) is 4.79 Å². The molecule has 1 aliphatic rings. The van der Waals surface area contributed by atoms with Crippen molar-refractivity contribution in [3.63, 3.8) is 0 Å². The van der Waals surface area contributed by atoms with Crippen molar-refractivity contribution in [3.8, 4) is 0 Å². The molecular weight excluding hydrogens is 268 g/mol. The number of hydrogen-bond donors (Lipinski definition) is 1. The molecule has 0 saturated carbocycles. The summed E-state index contributed by atoms with van der Waals surface area (Å²) in [6.45, 7) is 6.10. The third kappa shape index (κ3) is 5.12. The van der Waals surface area contributed by atoms with E-state index in [1.165, 1.54) is 11.1 Å². The van der Waals surface area contributed by atoms with Crippen molar-refractivity contribution in [2.45, 2.75) is 19.6 Å². The molecule has 1 saturated heterocycles. The van der Waals surface area contributed by atoms with E-state index in [2.05, 4.69) is 28.0 Å². The lowest BCUT2D eigenvalue weighted by molar-refractivity contribution is -0.137. The van der Waals surface area contributed by atoms with Crippen molar-refractivity contribution < 1.29 is 14.6 Å². The van der Waals surface area contributed by atoms with Crippen LogP contribution in [0.25, 0.3) is 0 Å². The molecule has 5 nitrogen and oxygen atoms in total. The first-order valence-electron chi connectivity index (χ1n) is 7.41. The third-order valence-corrected chi connectivity index (χ3v) is 3.92. The summed E-state index contributed by atoms with van der Waals surface area (Å²) < 4.78 is 5.25. The molecule has 0 spiro atoms. The molecule has 1 heterocycles. The molecule has 0 atom stereocenters. The highest BCUT2D eigenvalue weighted by Crippen LogP contribution is 2.14. The highest BCUT2D eigenvalue weighted by atomic mass is 16.5. The lowest BCUT2D eigenvalue weighted by Crippen LogP contribution is -2.46. The maximum absolute atomic E-state index is 10.6. The Morgan fingerprint density at radius 1 is 1.14 bits per heavy atom. The molecule has 0 bridgehead atoms. The van der Waals surface area contributed by atoms with Gasteiger partial charge in [0.05, 0.1) is 13.0 Å². The molecule has 0 amide bonds. The molecular formula is C16H24N2O3. The number of carboxylic acids is 1. The van der Waals surface area contributed by atoms with E-state index < -0.39 is 5.97 Å². The Bertz CT molecular complexity index is 457. The maximum atomic E-state index is 10.6. The van der Waals surface area contributed by atoms with Crippen LogP contribution in [0.4, 0.5) is 0 Å². The van der Waals surface area contributed by atoms with Gasteiger partial charge in [-0.2, -0.15) is 0 Å². The smallest absolute Gasteiger partial charge is 0.304 e. The number of rotatable bonds is 7. The fourth-order valence-electron chi connectivity index (χ4n) is 2.67. The van der Waals surface area contributed by atoms with Crippen LogP contribution in [0.3, 0.4) is 0 Å². The Kier molecular flexibility index (Phi) is 6.17. The fraction of sp³-hybridized carbons (Fsp3) is 0.562. The number of ether oxygens (including phenoxy) is 1. The number of methoxy groups -OCH3 is 1. The summed E-state index contributed by atoms with van der Waals surface area (Å²) in [7, 11) is 1.72. The third-order valence-electron chi connectivity index (χ3n) is 3.92. The second-order valence-electron chi connectivity index (χ2n) is 5.46. The lowest BCUT2D eigenvalue weighted by Gasteiger charge is -2.34. The maximum Gasteiger partial charge on any atom is 0.304 e. The summed E-state index contributed by atoms with van der Waals surface area (Å²) in [6.07, 6.45) is 0.233. The molecule has 116 valence electrons. The summed E-state index contributed by atoms with van der Waals surface area (Å²) in [6, 6.07) is 8.38. The molecule has 1 aliphatic heterocycles. The fourth-order valence-corrected chi connectivity index (χ4v) is 2.67. The minimum absolute atomic E-state index is 0.233. The van der Waals surface area contributed by atoms with Gasteiger partial charge in [0, 0.05) is 46.4 Å². The highest BCUT2D eigenvalue weighted by molar-refractivity contribution is 5.66. The Labute approximate surface area is 126 Å². The van der Waals surface area contributed by atoms with E-state index in [4.69, 9.17) is 9.84 Å². The van der Waals surface area contributed by atoms with E-state index in [1.54, 1.807) is 7.11 Å². The van der Waals surface area contributed by atoms with Gasteiger partial charge < -0.3 is 14.7 Å². The predicted octanol–water partition coefficient (Wildman–Crippen LogP) is 1.43. The average Bonchev–Trinajstić information content (AvgIpc) is 2.49. The Morgan fingerprint density at radius 2 is 1.76 bits per heavy atom. The van der Waals surface area contributed by atoms with Gasteiger partial charge in [-0.3, -0.25) is 9.69 Å². The summed E-state index contributed by atoms with van der Waals surface area (Å²) in [5.41, 5.74) is 2.56. The predicted molar refractivity (Wildman–Crippen MR) is 81.1 cm³/mol. The number of benzene rings is 1. The topological polar surface area (TPSA) is 53.0 Å². The first kappa shape index (κ1) is 15.9. The van der Waals surface area contributed by atoms with Gasteiger partial charge in [0.1, 0.15) is 0 Å². The van der Waals surface area contributed by atoms with E-state index in [1.807, 2.05) is 6.07 Å². The van der Waals surface area contributed by atoms with Gasteiger partial charge in [-0.25, -0.2) is 0 Å². The van der Waals surface area contributed by atoms with Crippen LogP contribution in [0.2, 0.25) is 0 Å². The van der Waals surface area contributed by atoms with Crippen molar-refractivity contribution in [2.24, 2.45) is 0 Å². The lowest BCUT2D eigenvalue weighted by atomic mass is 10.1. The number of aliphatic carboxylic acids is 1. The molecule has 0 unspecified atom stereocenters. The SMILES string of the molecule is COCc1ccccc1CN1CCN(CCC(=O)O)CC1. The summed E-state index contributed by atoms with van der Waals surface area (Å²) in [5, 5.41) is 8.72. The van der Waals surface area contributed by atoms with Gasteiger partial charge in [-0.1, -0.05) is 24.3 Å². The van der Waals surface area contributed by atoms with Crippen LogP contribution >= 0.6 is 0 Å². The average molecular weight is 292 g/mol. The van der Waals surface area contributed by atoms with Gasteiger partial charge in [0.15, 0.2) is 0 Å². The van der Waals surface area contributed by atoms with Gasteiger partial charge in [0.2, 0.25) is 0 Å². The monoisotopic (exact) mass is 292 g/mol. The Morgan fingerprint density at radius 3 is 2.38 bits per heavy atom. The van der Waals surface area contributed by atoms with Crippen molar-refractivity contribution in [1.29, 1.82) is 0 Å². The van der Waals surface area contributed by atoms with E-state index in [0.717, 1.165) is 32.7 Å². The molecule has 2 rings (SSSR count). The molecule has 1 N–H and O–H groups in total. The zero-order valence-electron chi connectivity index (χ0n) is 12.6. The zero-order valence-corrected chi connectivity index (χ0v) is 12.6. The normalized spacial score (nSPS) is 17.0. The van der Waals surface area contributed by atoms with E-state index in [0.29, 0.717) is 13.2 Å². The van der Waals surface area contributed by atoms with Crippen molar-refractivity contribution in [2.75, 3.05) is 39.8 Å². The van der Waals surface area contributed by atoms with Gasteiger partial charge >= 0.3 is 5.97 Å². The van der Waals surface area contributed by atoms with Crippen LogP contribution in [-0.4, -0.2) is 60.7 Å². The Balaban J connectivity index is 1.82. The number of hydrogen-bond acceptors (Lipinski definition) is 4. The second-order valence-corrected chi connectivity index (χ2v) is 5.46. The minimum atomic E-state index is -0.717. The number of nitrogens with zero attached hydrogens (tertiary/aromatic N) is 2. The van der Waals surface area contributed by atoms with Crippen LogP contribution in [0.1, 0.15) is 17.5 Å². The first-order chi connectivity index (χ1) is 10.2. The molecule has 1 aromatic rings. The molecule has 1 fully saturated rings. The molecule has 5 heteroatoms. The van der Waals surface area contributed by atoms with E-state index >= 15 is 0 Å². The molecule has 0 aromatic heterocycles. The molecule has 21 heavy (non-hydrogen) atoms. The van der Waals surface area contributed by atoms with Gasteiger partial charge in [-0.05, 0) is 11.1 Å². The number of piperazine rings is 1. The molecule has 0 aliphatic carbocycles. The van der Waals surface area contributed by atoms with Crippen LogP contribution in [-0.2, 0) is 22.7 Å². The number of carboxylic acid groups (broad SMARTS) is 1. The van der Waals surface area contributed by atoms with Crippen LogP contribution < -0.4 is 0 Å². The summed E-state index contributed by atoms with van der Waals surface area (Å²) >= 11 is 0. The highest BCUT2D eigenvalue weighted by Gasteiger charge is 2.18. The minimum Gasteiger partial charge on any atom is -0.481 e. The van der Waals surface area contributed by atoms with E-state index in [-0.39, 0.29) is 6.42 Å². The first-order valence-corrected chi connectivity index (χ1v) is 7.41. The van der Waals surface area contributed by atoms with Crippen LogP contribution in [0, 0.1) is 0 Å². The van der Waals surface area contributed by atoms with Crippen molar-refractivity contribution in [3.05, 3.63) is 35.4 Å². The quantitative estimate of drug-likeness (QED) is 0.824. The summed E-state index contributed by atoms with van der Waals surface area (Å²) in [5.74, 6) is -0.717.